The number of rotatable bonds is 1. The van der Waals surface area contributed by atoms with Gasteiger partial charge in [0.15, 0.2) is 0 Å². The summed E-state index contributed by atoms with van der Waals surface area (Å²) in [5.41, 5.74) is 7.78. The monoisotopic (exact) mass is 371 g/mol. The minimum atomic E-state index is -0.263. The van der Waals surface area contributed by atoms with Gasteiger partial charge in [-0.25, -0.2) is 0 Å². The van der Waals surface area contributed by atoms with Gasteiger partial charge >= 0.3 is 117 Å². The van der Waals surface area contributed by atoms with Crippen molar-refractivity contribution in [1.82, 2.24) is 9.97 Å². The first-order chi connectivity index (χ1) is 8.63. The summed E-state index contributed by atoms with van der Waals surface area (Å²) < 4.78 is 15.7. The van der Waals surface area contributed by atoms with Crippen molar-refractivity contribution < 1.29 is 4.39 Å². The van der Waals surface area contributed by atoms with Crippen LogP contribution < -0.4 is 5.73 Å². The first-order valence-corrected chi connectivity index (χ1v) is 7.62. The molecule has 0 amide bonds. The minimum absolute atomic E-state index is 0.0611. The van der Waals surface area contributed by atoms with Gasteiger partial charge in [-0.3, -0.25) is 0 Å². The Labute approximate surface area is 117 Å². The molecule has 0 aliphatic heterocycles. The maximum atomic E-state index is 13.1. The molecule has 2 N–H and O–H groups in total. The molecule has 0 aliphatic rings. The van der Waals surface area contributed by atoms with Crippen molar-refractivity contribution in [2.75, 3.05) is 5.73 Å². The number of halogens is 2. The molecule has 0 radical (unpaired) electrons. The molecule has 0 aliphatic carbocycles. The summed E-state index contributed by atoms with van der Waals surface area (Å²) in [7, 11) is 0. The van der Waals surface area contributed by atoms with Crippen molar-refractivity contribution in [1.29, 1.82) is 0 Å². The van der Waals surface area contributed by atoms with Crippen molar-refractivity contribution >= 4 is 45.9 Å². The van der Waals surface area contributed by atoms with E-state index in [9.17, 15) is 4.39 Å². The molecule has 0 fully saturated rings. The number of hydrogen-bond acceptors (Lipinski definition) is 3. The molecule has 0 saturated carbocycles. The number of pyridine rings is 1. The molecule has 0 unspecified atom stereocenters. The first kappa shape index (κ1) is 11.8. The fourth-order valence-electron chi connectivity index (χ4n) is 1.57. The molecule has 0 saturated heterocycles. The maximum absolute atomic E-state index is 13.1. The van der Waals surface area contributed by atoms with E-state index in [0.717, 1.165) is 14.5 Å². The standard InChI is InChI=1S/C12H7BrFN3Se/c13-11-7(15)2-3-8(16-11)12-17-9-5-6(14)1-4-10(9)18-12/h1-5H,15H2. The van der Waals surface area contributed by atoms with Crippen molar-refractivity contribution in [3.8, 4) is 10.3 Å². The second-order valence-corrected chi connectivity index (χ2v) is 6.62. The number of fused-ring (bicyclic) bond motifs is 1. The normalized spacial score (nSPS) is 11.0. The van der Waals surface area contributed by atoms with Crippen LogP contribution in [-0.2, 0) is 0 Å². The van der Waals surface area contributed by atoms with Crippen molar-refractivity contribution in [2.24, 2.45) is 0 Å². The molecule has 3 aromatic rings. The van der Waals surface area contributed by atoms with Crippen LogP contribution in [0.4, 0.5) is 10.1 Å². The molecule has 3 rings (SSSR count). The molecule has 1 aromatic carbocycles. The molecular formula is C12H7BrFN3Se. The van der Waals surface area contributed by atoms with Gasteiger partial charge in [-0.05, 0) is 0 Å². The van der Waals surface area contributed by atoms with Gasteiger partial charge < -0.3 is 0 Å². The van der Waals surface area contributed by atoms with E-state index in [-0.39, 0.29) is 20.3 Å². The van der Waals surface area contributed by atoms with Crippen LogP contribution >= 0.6 is 15.9 Å². The summed E-state index contributed by atoms with van der Waals surface area (Å²) in [6.45, 7) is 0. The van der Waals surface area contributed by atoms with Crippen LogP contribution in [0, 0.1) is 5.82 Å². The average molecular weight is 371 g/mol. The molecule has 0 bridgehead atoms. The predicted octanol–water partition coefficient (Wildman–Crippen LogP) is 2.84. The SMILES string of the molecule is Nc1ccc(-c2nc3cc(F)ccc3[se]2)nc1Br. The Hall–Kier alpha value is -1.23. The Morgan fingerprint density at radius 3 is 2.78 bits per heavy atom. The van der Waals surface area contributed by atoms with Gasteiger partial charge in [-0.2, -0.15) is 0 Å². The second kappa shape index (κ2) is 4.46. The third-order valence-corrected chi connectivity index (χ3v) is 5.30. The van der Waals surface area contributed by atoms with Gasteiger partial charge in [0, 0.05) is 0 Å². The second-order valence-electron chi connectivity index (χ2n) is 3.71. The number of benzene rings is 1. The number of anilines is 1. The Bertz CT molecular complexity index is 741. The summed E-state index contributed by atoms with van der Waals surface area (Å²) >= 11 is 3.36. The average Bonchev–Trinajstić information content (AvgIpc) is 2.75. The van der Waals surface area contributed by atoms with E-state index in [1.807, 2.05) is 6.07 Å². The van der Waals surface area contributed by atoms with E-state index in [2.05, 4.69) is 25.9 Å². The van der Waals surface area contributed by atoms with Crippen LogP contribution in [0.15, 0.2) is 34.9 Å². The van der Waals surface area contributed by atoms with Gasteiger partial charge in [0.25, 0.3) is 0 Å². The van der Waals surface area contributed by atoms with Crippen LogP contribution in [-0.4, -0.2) is 24.5 Å². The Balaban J connectivity index is 2.16. The summed E-state index contributed by atoms with van der Waals surface area (Å²) in [5, 5.41) is 0. The van der Waals surface area contributed by atoms with E-state index in [4.69, 9.17) is 5.73 Å². The number of nitrogen functional groups attached to an aromatic ring is 1. The molecule has 18 heavy (non-hydrogen) atoms. The Morgan fingerprint density at radius 1 is 1.17 bits per heavy atom. The zero-order valence-corrected chi connectivity index (χ0v) is 12.3. The van der Waals surface area contributed by atoms with Crippen LogP contribution in [0.2, 0.25) is 0 Å². The van der Waals surface area contributed by atoms with Gasteiger partial charge in [0.2, 0.25) is 0 Å². The third-order valence-electron chi connectivity index (χ3n) is 2.45. The van der Waals surface area contributed by atoms with Crippen molar-refractivity contribution in [3.05, 3.63) is 40.8 Å². The molecule has 0 spiro atoms. The fourth-order valence-corrected chi connectivity index (χ4v) is 3.82. The number of aromatic nitrogens is 2. The third kappa shape index (κ3) is 2.07. The van der Waals surface area contributed by atoms with Gasteiger partial charge in [0.1, 0.15) is 0 Å². The number of nitrogens with zero attached hydrogens (tertiary/aromatic N) is 2. The topological polar surface area (TPSA) is 51.8 Å². The zero-order valence-electron chi connectivity index (χ0n) is 9.02. The molecule has 2 aromatic heterocycles. The first-order valence-electron chi connectivity index (χ1n) is 5.12. The zero-order chi connectivity index (χ0) is 12.7. The van der Waals surface area contributed by atoms with Crippen LogP contribution in [0.5, 0.6) is 0 Å². The van der Waals surface area contributed by atoms with Gasteiger partial charge in [-0.1, -0.05) is 0 Å². The van der Waals surface area contributed by atoms with Crippen molar-refractivity contribution in [3.63, 3.8) is 0 Å². The quantitative estimate of drug-likeness (QED) is 0.529. The van der Waals surface area contributed by atoms with Crippen molar-refractivity contribution in [2.45, 2.75) is 0 Å². The van der Waals surface area contributed by atoms with Crippen LogP contribution in [0.25, 0.3) is 20.0 Å². The fraction of sp³-hybridized carbons (Fsp3) is 0. The molecule has 0 atom stereocenters. The summed E-state index contributed by atoms with van der Waals surface area (Å²) in [4.78, 5) is 8.78. The van der Waals surface area contributed by atoms with E-state index >= 15 is 0 Å². The van der Waals surface area contributed by atoms with E-state index in [0.29, 0.717) is 15.8 Å². The Morgan fingerprint density at radius 2 is 2.00 bits per heavy atom. The summed E-state index contributed by atoms with van der Waals surface area (Å²) in [5.74, 6) is -0.263. The molecule has 3 nitrogen and oxygen atoms in total. The number of nitrogens with two attached hydrogens (primary N) is 1. The van der Waals surface area contributed by atoms with Crippen LogP contribution in [0.3, 0.4) is 0 Å². The number of hydrogen-bond donors (Lipinski definition) is 1. The molecule has 2 heterocycles. The van der Waals surface area contributed by atoms with Crippen LogP contribution in [0.1, 0.15) is 0 Å². The molecular weight excluding hydrogens is 364 g/mol. The molecule has 90 valence electrons. The molecule has 6 heteroatoms. The van der Waals surface area contributed by atoms with E-state index in [1.54, 1.807) is 12.1 Å². The van der Waals surface area contributed by atoms with E-state index < -0.39 is 0 Å². The summed E-state index contributed by atoms with van der Waals surface area (Å²) in [6, 6.07) is 8.33. The van der Waals surface area contributed by atoms with Gasteiger partial charge in [-0.15, -0.1) is 0 Å². The van der Waals surface area contributed by atoms with Gasteiger partial charge in [0.05, 0.1) is 0 Å². The Kier molecular flexibility index (Phi) is 2.93. The predicted molar refractivity (Wildman–Crippen MR) is 74.0 cm³/mol. The summed E-state index contributed by atoms with van der Waals surface area (Å²) in [6.07, 6.45) is 0. The van der Waals surface area contributed by atoms with E-state index in [1.165, 1.54) is 12.1 Å².